The number of nitrogen functional groups attached to an aromatic ring is 1. The minimum atomic E-state index is -3.81. The number of sulfonamides is 1. The standard InChI is InChI=1S/C14H23N3O3S/c1-6-17(5)14(18)11(4)16-21(19,20)13-9(2)7-8-12(15)10(13)3/h7-8,11,16H,6,15H2,1-5H3. The summed E-state index contributed by atoms with van der Waals surface area (Å²) in [6, 6.07) is 2.49. The number of anilines is 1. The Morgan fingerprint density at radius 2 is 1.95 bits per heavy atom. The number of carbonyl (C=O) groups is 1. The summed E-state index contributed by atoms with van der Waals surface area (Å²) in [5, 5.41) is 0. The number of nitrogens with zero attached hydrogens (tertiary/aromatic N) is 1. The van der Waals surface area contributed by atoms with E-state index < -0.39 is 16.1 Å². The minimum absolute atomic E-state index is 0.140. The van der Waals surface area contributed by atoms with E-state index in [9.17, 15) is 13.2 Å². The second kappa shape index (κ2) is 6.44. The van der Waals surface area contributed by atoms with Crippen molar-refractivity contribution in [3.63, 3.8) is 0 Å². The predicted octanol–water partition coefficient (Wildman–Crippen LogP) is 1.03. The summed E-state index contributed by atoms with van der Waals surface area (Å²) in [7, 11) is -2.18. The third-order valence-corrected chi connectivity index (χ3v) is 5.30. The molecule has 0 aliphatic rings. The summed E-state index contributed by atoms with van der Waals surface area (Å²) < 4.78 is 27.5. The molecule has 118 valence electrons. The molecule has 0 radical (unpaired) electrons. The van der Waals surface area contributed by atoms with Crippen LogP contribution < -0.4 is 10.5 Å². The predicted molar refractivity (Wildman–Crippen MR) is 83.4 cm³/mol. The lowest BCUT2D eigenvalue weighted by Gasteiger charge is -2.21. The molecule has 1 unspecified atom stereocenters. The lowest BCUT2D eigenvalue weighted by atomic mass is 10.1. The number of carbonyl (C=O) groups excluding carboxylic acids is 1. The molecular weight excluding hydrogens is 290 g/mol. The number of aryl methyl sites for hydroxylation is 1. The van der Waals surface area contributed by atoms with Gasteiger partial charge < -0.3 is 10.6 Å². The monoisotopic (exact) mass is 313 g/mol. The molecule has 0 fully saturated rings. The largest absolute Gasteiger partial charge is 0.398 e. The Morgan fingerprint density at radius 3 is 2.48 bits per heavy atom. The third-order valence-electron chi connectivity index (χ3n) is 3.47. The topological polar surface area (TPSA) is 92.5 Å². The van der Waals surface area contributed by atoms with E-state index in [1.165, 1.54) is 11.8 Å². The molecular formula is C14H23N3O3S. The molecule has 0 bridgehead atoms. The molecule has 1 amide bonds. The number of rotatable bonds is 5. The molecule has 1 aromatic rings. The Morgan fingerprint density at radius 1 is 1.38 bits per heavy atom. The number of likely N-dealkylation sites (N-methyl/N-ethyl adjacent to an activating group) is 1. The molecule has 0 heterocycles. The van der Waals surface area contributed by atoms with Crippen molar-refractivity contribution >= 4 is 21.6 Å². The number of amides is 1. The smallest absolute Gasteiger partial charge is 0.241 e. The average molecular weight is 313 g/mol. The second-order valence-electron chi connectivity index (χ2n) is 5.12. The van der Waals surface area contributed by atoms with Gasteiger partial charge in [0.1, 0.15) is 0 Å². The molecule has 1 atom stereocenters. The highest BCUT2D eigenvalue weighted by Crippen LogP contribution is 2.24. The van der Waals surface area contributed by atoms with Crippen molar-refractivity contribution in [3.8, 4) is 0 Å². The van der Waals surface area contributed by atoms with E-state index >= 15 is 0 Å². The van der Waals surface area contributed by atoms with Crippen molar-refractivity contribution in [2.75, 3.05) is 19.3 Å². The van der Waals surface area contributed by atoms with Crippen LogP contribution in [0.2, 0.25) is 0 Å². The first kappa shape index (κ1) is 17.5. The highest BCUT2D eigenvalue weighted by Gasteiger charge is 2.26. The SMILES string of the molecule is CCN(C)C(=O)C(C)NS(=O)(=O)c1c(C)ccc(N)c1C. The first-order valence-corrected chi connectivity index (χ1v) is 8.23. The molecule has 21 heavy (non-hydrogen) atoms. The molecule has 0 aliphatic carbocycles. The molecule has 0 saturated carbocycles. The van der Waals surface area contributed by atoms with Crippen molar-refractivity contribution in [3.05, 3.63) is 23.3 Å². The maximum Gasteiger partial charge on any atom is 0.241 e. The van der Waals surface area contributed by atoms with Gasteiger partial charge in [-0.25, -0.2) is 8.42 Å². The number of hydrogen-bond donors (Lipinski definition) is 2. The summed E-state index contributed by atoms with van der Waals surface area (Å²) in [4.78, 5) is 13.6. The normalized spacial score (nSPS) is 13.0. The summed E-state index contributed by atoms with van der Waals surface area (Å²) in [6.45, 7) is 7.22. The Bertz CT molecular complexity index is 641. The van der Waals surface area contributed by atoms with Gasteiger partial charge in [0.25, 0.3) is 0 Å². The lowest BCUT2D eigenvalue weighted by molar-refractivity contribution is -0.131. The van der Waals surface area contributed by atoms with Crippen LogP contribution in [0, 0.1) is 13.8 Å². The van der Waals surface area contributed by atoms with Gasteiger partial charge in [0.2, 0.25) is 15.9 Å². The zero-order chi connectivity index (χ0) is 16.4. The lowest BCUT2D eigenvalue weighted by Crippen LogP contribution is -2.45. The maximum absolute atomic E-state index is 12.5. The van der Waals surface area contributed by atoms with E-state index in [2.05, 4.69) is 4.72 Å². The average Bonchev–Trinajstić information content (AvgIpc) is 2.40. The van der Waals surface area contributed by atoms with Gasteiger partial charge in [0, 0.05) is 19.3 Å². The van der Waals surface area contributed by atoms with Gasteiger partial charge in [-0.05, 0) is 44.9 Å². The first-order chi connectivity index (χ1) is 9.61. The van der Waals surface area contributed by atoms with Gasteiger partial charge in [-0.1, -0.05) is 6.07 Å². The zero-order valence-corrected chi connectivity index (χ0v) is 13.9. The fourth-order valence-corrected chi connectivity index (χ4v) is 3.78. The van der Waals surface area contributed by atoms with Crippen molar-refractivity contribution in [1.29, 1.82) is 0 Å². The van der Waals surface area contributed by atoms with E-state index in [1.54, 1.807) is 33.0 Å². The Kier molecular flexibility index (Phi) is 5.36. The van der Waals surface area contributed by atoms with E-state index in [0.717, 1.165) is 0 Å². The molecule has 0 aliphatic heterocycles. The van der Waals surface area contributed by atoms with Crippen LogP contribution in [0.5, 0.6) is 0 Å². The van der Waals surface area contributed by atoms with Crippen molar-refractivity contribution in [2.45, 2.75) is 38.6 Å². The Labute approximate surface area is 126 Å². The summed E-state index contributed by atoms with van der Waals surface area (Å²) in [5.74, 6) is -0.278. The second-order valence-corrected chi connectivity index (χ2v) is 6.77. The van der Waals surface area contributed by atoms with Crippen LogP contribution in [0.1, 0.15) is 25.0 Å². The van der Waals surface area contributed by atoms with Crippen LogP contribution in [0.4, 0.5) is 5.69 Å². The van der Waals surface area contributed by atoms with E-state index in [-0.39, 0.29) is 10.8 Å². The van der Waals surface area contributed by atoms with Crippen molar-refractivity contribution in [2.24, 2.45) is 0 Å². The number of hydrogen-bond acceptors (Lipinski definition) is 4. The summed E-state index contributed by atoms with van der Waals surface area (Å²) in [5.41, 5.74) is 7.27. The molecule has 0 saturated heterocycles. The van der Waals surface area contributed by atoms with Gasteiger partial charge in [-0.2, -0.15) is 4.72 Å². The van der Waals surface area contributed by atoms with Crippen molar-refractivity contribution < 1.29 is 13.2 Å². The first-order valence-electron chi connectivity index (χ1n) is 6.74. The van der Waals surface area contributed by atoms with Gasteiger partial charge >= 0.3 is 0 Å². The maximum atomic E-state index is 12.5. The number of benzene rings is 1. The molecule has 0 aromatic heterocycles. The molecule has 1 aromatic carbocycles. The van der Waals surface area contributed by atoms with Gasteiger partial charge in [-0.3, -0.25) is 4.79 Å². The highest BCUT2D eigenvalue weighted by molar-refractivity contribution is 7.89. The molecule has 3 N–H and O–H groups in total. The Hall–Kier alpha value is -1.60. The van der Waals surface area contributed by atoms with E-state index in [1.807, 2.05) is 6.92 Å². The fourth-order valence-electron chi connectivity index (χ4n) is 2.08. The van der Waals surface area contributed by atoms with Gasteiger partial charge in [-0.15, -0.1) is 0 Å². The van der Waals surface area contributed by atoms with Gasteiger partial charge in [0.05, 0.1) is 10.9 Å². The highest BCUT2D eigenvalue weighted by atomic mass is 32.2. The van der Waals surface area contributed by atoms with Crippen molar-refractivity contribution in [1.82, 2.24) is 9.62 Å². The van der Waals surface area contributed by atoms with Crippen LogP contribution in [0.3, 0.4) is 0 Å². The molecule has 6 nitrogen and oxygen atoms in total. The van der Waals surface area contributed by atoms with Crippen LogP contribution in [0.25, 0.3) is 0 Å². The van der Waals surface area contributed by atoms with Gasteiger partial charge in [0.15, 0.2) is 0 Å². The van der Waals surface area contributed by atoms with Crippen LogP contribution in [-0.2, 0) is 14.8 Å². The zero-order valence-electron chi connectivity index (χ0n) is 13.1. The van der Waals surface area contributed by atoms with Crippen LogP contribution in [-0.4, -0.2) is 38.9 Å². The number of nitrogens with one attached hydrogen (secondary N) is 1. The quantitative estimate of drug-likeness (QED) is 0.794. The summed E-state index contributed by atoms with van der Waals surface area (Å²) in [6.07, 6.45) is 0. The number of nitrogens with two attached hydrogens (primary N) is 1. The Balaban J connectivity index is 3.14. The van der Waals surface area contributed by atoms with E-state index in [0.29, 0.717) is 23.4 Å². The summed E-state index contributed by atoms with van der Waals surface area (Å²) >= 11 is 0. The molecule has 1 rings (SSSR count). The minimum Gasteiger partial charge on any atom is -0.398 e. The fraction of sp³-hybridized carbons (Fsp3) is 0.500. The van der Waals surface area contributed by atoms with Crippen LogP contribution in [0.15, 0.2) is 17.0 Å². The molecule has 0 spiro atoms. The molecule has 7 heteroatoms. The third kappa shape index (κ3) is 3.74. The van der Waals surface area contributed by atoms with Crippen LogP contribution >= 0.6 is 0 Å². The van der Waals surface area contributed by atoms with E-state index in [4.69, 9.17) is 5.73 Å².